The summed E-state index contributed by atoms with van der Waals surface area (Å²) in [6.07, 6.45) is -4.76. The van der Waals surface area contributed by atoms with Gasteiger partial charge < -0.3 is 10.5 Å². The fourth-order valence-corrected chi connectivity index (χ4v) is 1.51. The maximum atomic E-state index is 12.0. The number of nitrogen functional groups attached to an aromatic ring is 1. The van der Waals surface area contributed by atoms with Crippen molar-refractivity contribution >= 4 is 17.8 Å². The highest BCUT2D eigenvalue weighted by Crippen LogP contribution is 2.24. The number of hydrogen-bond donors (Lipinski definition) is 2. The monoisotopic (exact) mass is 301 g/mol. The Hall–Kier alpha value is -2.78. The van der Waals surface area contributed by atoms with Crippen LogP contribution in [0.2, 0.25) is 0 Å². The van der Waals surface area contributed by atoms with Gasteiger partial charge in [0.15, 0.2) is 0 Å². The standard InChI is InChI=1S/C11H10F3N5O2/c1-6(20)16-10-17-9(15)19(18-10)7-2-4-8(5-3-7)21-11(12,13)14/h2-5H,1H3,(H3,15,16,17,18,20). The van der Waals surface area contributed by atoms with Crippen LogP contribution < -0.4 is 15.8 Å². The van der Waals surface area contributed by atoms with Crippen LogP contribution in [-0.4, -0.2) is 27.0 Å². The molecule has 0 radical (unpaired) electrons. The molecule has 0 aliphatic rings. The molecule has 1 amide bonds. The number of nitrogens with zero attached hydrogens (tertiary/aromatic N) is 3. The van der Waals surface area contributed by atoms with E-state index in [1.165, 1.54) is 23.7 Å². The van der Waals surface area contributed by atoms with Crippen molar-refractivity contribution in [3.05, 3.63) is 24.3 Å². The summed E-state index contributed by atoms with van der Waals surface area (Å²) in [5.74, 6) is -0.771. The molecule has 0 saturated carbocycles. The van der Waals surface area contributed by atoms with Crippen LogP contribution in [0.25, 0.3) is 5.69 Å². The summed E-state index contributed by atoms with van der Waals surface area (Å²) in [7, 11) is 0. The number of aromatic nitrogens is 3. The molecule has 2 rings (SSSR count). The van der Waals surface area contributed by atoms with E-state index in [1.807, 2.05) is 0 Å². The molecule has 0 bridgehead atoms. The normalized spacial score (nSPS) is 11.2. The lowest BCUT2D eigenvalue weighted by molar-refractivity contribution is -0.274. The van der Waals surface area contributed by atoms with E-state index in [1.54, 1.807) is 0 Å². The maximum absolute atomic E-state index is 12.0. The number of halogens is 3. The highest BCUT2D eigenvalue weighted by atomic mass is 19.4. The summed E-state index contributed by atoms with van der Waals surface area (Å²) >= 11 is 0. The smallest absolute Gasteiger partial charge is 0.406 e. The molecule has 21 heavy (non-hydrogen) atoms. The Morgan fingerprint density at radius 1 is 1.33 bits per heavy atom. The second-order valence-electron chi connectivity index (χ2n) is 3.93. The lowest BCUT2D eigenvalue weighted by Gasteiger charge is -2.09. The Bertz CT molecular complexity index is 651. The van der Waals surface area contributed by atoms with Gasteiger partial charge in [0.05, 0.1) is 5.69 Å². The molecule has 3 N–H and O–H groups in total. The minimum absolute atomic E-state index is 0.00406. The molecule has 0 aliphatic heterocycles. The molecule has 0 fully saturated rings. The van der Waals surface area contributed by atoms with Crippen molar-refractivity contribution < 1.29 is 22.7 Å². The third kappa shape index (κ3) is 3.84. The lowest BCUT2D eigenvalue weighted by Crippen LogP contribution is -2.17. The molecule has 1 aromatic heterocycles. The van der Waals surface area contributed by atoms with Gasteiger partial charge >= 0.3 is 6.36 Å². The SMILES string of the molecule is CC(=O)Nc1nc(N)n(-c2ccc(OC(F)(F)F)cc2)n1. The van der Waals surface area contributed by atoms with Gasteiger partial charge in [-0.05, 0) is 24.3 Å². The molecule has 0 spiro atoms. The largest absolute Gasteiger partial charge is 0.573 e. The first-order valence-corrected chi connectivity index (χ1v) is 5.61. The fraction of sp³-hybridized carbons (Fsp3) is 0.182. The molecule has 0 atom stereocenters. The fourth-order valence-electron chi connectivity index (χ4n) is 1.51. The zero-order chi connectivity index (χ0) is 15.6. The second kappa shape index (κ2) is 5.31. The van der Waals surface area contributed by atoms with Crippen LogP contribution in [0.4, 0.5) is 25.1 Å². The first-order valence-electron chi connectivity index (χ1n) is 5.61. The van der Waals surface area contributed by atoms with Crippen LogP contribution >= 0.6 is 0 Å². The van der Waals surface area contributed by atoms with E-state index in [0.29, 0.717) is 5.69 Å². The number of benzene rings is 1. The number of rotatable bonds is 3. The molecular formula is C11H10F3N5O2. The average Bonchev–Trinajstić information content (AvgIpc) is 2.68. The van der Waals surface area contributed by atoms with Crippen LogP contribution in [0, 0.1) is 0 Å². The van der Waals surface area contributed by atoms with E-state index in [4.69, 9.17) is 5.73 Å². The van der Waals surface area contributed by atoms with Crippen molar-refractivity contribution in [3.8, 4) is 11.4 Å². The average molecular weight is 301 g/mol. The highest BCUT2D eigenvalue weighted by molar-refractivity contribution is 5.86. The van der Waals surface area contributed by atoms with Crippen LogP contribution in [-0.2, 0) is 4.79 Å². The van der Waals surface area contributed by atoms with Crippen LogP contribution in [0.3, 0.4) is 0 Å². The van der Waals surface area contributed by atoms with E-state index < -0.39 is 6.36 Å². The zero-order valence-corrected chi connectivity index (χ0v) is 10.7. The van der Waals surface area contributed by atoms with E-state index in [-0.39, 0.29) is 23.6 Å². The van der Waals surface area contributed by atoms with Gasteiger partial charge in [-0.2, -0.15) is 9.67 Å². The molecule has 0 aliphatic carbocycles. The first-order chi connectivity index (χ1) is 9.74. The molecule has 112 valence electrons. The Labute approximate surface area is 116 Å². The van der Waals surface area contributed by atoms with Gasteiger partial charge in [-0.15, -0.1) is 18.3 Å². The molecule has 0 saturated heterocycles. The van der Waals surface area contributed by atoms with Crippen molar-refractivity contribution in [2.45, 2.75) is 13.3 Å². The van der Waals surface area contributed by atoms with Gasteiger partial charge in [0.25, 0.3) is 5.95 Å². The predicted molar refractivity (Wildman–Crippen MR) is 66.8 cm³/mol. The van der Waals surface area contributed by atoms with Gasteiger partial charge in [0.2, 0.25) is 11.9 Å². The topological polar surface area (TPSA) is 95.1 Å². The summed E-state index contributed by atoms with van der Waals surface area (Å²) in [5, 5.41) is 6.25. The third-order valence-corrected chi connectivity index (χ3v) is 2.23. The van der Waals surface area contributed by atoms with E-state index in [2.05, 4.69) is 20.1 Å². The summed E-state index contributed by atoms with van der Waals surface area (Å²) < 4.78 is 41.0. The van der Waals surface area contributed by atoms with Gasteiger partial charge in [-0.25, -0.2) is 0 Å². The van der Waals surface area contributed by atoms with Crippen molar-refractivity contribution in [2.75, 3.05) is 11.1 Å². The lowest BCUT2D eigenvalue weighted by atomic mass is 10.3. The van der Waals surface area contributed by atoms with Crippen molar-refractivity contribution in [1.82, 2.24) is 14.8 Å². The number of carbonyl (C=O) groups is 1. The van der Waals surface area contributed by atoms with E-state index >= 15 is 0 Å². The highest BCUT2D eigenvalue weighted by Gasteiger charge is 2.31. The Kier molecular flexibility index (Phi) is 3.70. The van der Waals surface area contributed by atoms with Gasteiger partial charge in [-0.3, -0.25) is 10.1 Å². The number of ether oxygens (including phenoxy) is 1. The quantitative estimate of drug-likeness (QED) is 0.899. The Morgan fingerprint density at radius 2 is 1.95 bits per heavy atom. The number of amides is 1. The van der Waals surface area contributed by atoms with Crippen molar-refractivity contribution in [3.63, 3.8) is 0 Å². The number of anilines is 2. The summed E-state index contributed by atoms with van der Waals surface area (Å²) in [6.45, 7) is 1.28. The third-order valence-electron chi connectivity index (χ3n) is 2.23. The molecular weight excluding hydrogens is 291 g/mol. The van der Waals surface area contributed by atoms with Crippen LogP contribution in [0.5, 0.6) is 5.75 Å². The molecule has 0 unspecified atom stereocenters. The molecule has 1 heterocycles. The van der Waals surface area contributed by atoms with Crippen molar-refractivity contribution in [1.29, 1.82) is 0 Å². The van der Waals surface area contributed by atoms with Gasteiger partial charge in [-0.1, -0.05) is 0 Å². The van der Waals surface area contributed by atoms with E-state index in [0.717, 1.165) is 12.1 Å². The summed E-state index contributed by atoms with van der Waals surface area (Å²) in [5.41, 5.74) is 5.98. The van der Waals surface area contributed by atoms with Crippen LogP contribution in [0.15, 0.2) is 24.3 Å². The first kappa shape index (κ1) is 14.6. The Morgan fingerprint density at radius 3 is 2.48 bits per heavy atom. The van der Waals surface area contributed by atoms with Gasteiger partial charge in [0.1, 0.15) is 5.75 Å². The molecule has 2 aromatic rings. The summed E-state index contributed by atoms with van der Waals surface area (Å²) in [4.78, 5) is 14.7. The number of carbonyl (C=O) groups excluding carboxylic acids is 1. The van der Waals surface area contributed by atoms with Crippen molar-refractivity contribution in [2.24, 2.45) is 0 Å². The Balaban J connectivity index is 2.22. The zero-order valence-electron chi connectivity index (χ0n) is 10.7. The van der Waals surface area contributed by atoms with E-state index in [9.17, 15) is 18.0 Å². The predicted octanol–water partition coefficient (Wildman–Crippen LogP) is 1.71. The minimum Gasteiger partial charge on any atom is -0.406 e. The van der Waals surface area contributed by atoms with Crippen LogP contribution in [0.1, 0.15) is 6.92 Å². The maximum Gasteiger partial charge on any atom is 0.573 e. The molecule has 7 nitrogen and oxygen atoms in total. The number of alkyl halides is 3. The van der Waals surface area contributed by atoms with Gasteiger partial charge in [0, 0.05) is 6.92 Å². The summed E-state index contributed by atoms with van der Waals surface area (Å²) in [6, 6.07) is 4.87. The number of nitrogens with one attached hydrogen (secondary N) is 1. The molecule has 1 aromatic carbocycles. The number of hydrogen-bond acceptors (Lipinski definition) is 5. The number of nitrogens with two attached hydrogens (primary N) is 1. The minimum atomic E-state index is -4.76. The second-order valence-corrected chi connectivity index (χ2v) is 3.93. The molecule has 10 heteroatoms.